The molecule has 0 saturated heterocycles. The van der Waals surface area contributed by atoms with E-state index in [4.69, 9.17) is 14.9 Å². The molecule has 0 heterocycles. The molecule has 0 aromatic carbocycles. The summed E-state index contributed by atoms with van der Waals surface area (Å²) in [5.74, 6) is 0.414. The zero-order valence-corrected chi connectivity index (χ0v) is 9.06. The average molecular weight is 217 g/mol. The number of hydrogen-bond donors (Lipinski definition) is 2. The number of carboxylic acid groups (broad SMARTS) is 1. The van der Waals surface area contributed by atoms with Crippen LogP contribution in [-0.2, 0) is 4.74 Å². The predicted molar refractivity (Wildman–Crippen MR) is 54.8 cm³/mol. The van der Waals surface area contributed by atoms with Gasteiger partial charge in [0.1, 0.15) is 0 Å². The topological polar surface area (TPSA) is 70.0 Å². The molecule has 5 heteroatoms. The highest BCUT2D eigenvalue weighted by molar-refractivity contribution is 5.64. The van der Waals surface area contributed by atoms with E-state index < -0.39 is 6.09 Å². The molecule has 15 heavy (non-hydrogen) atoms. The van der Waals surface area contributed by atoms with Crippen molar-refractivity contribution in [2.75, 3.05) is 26.8 Å². The molecule has 1 rings (SSSR count). The maximum absolute atomic E-state index is 10.4. The Morgan fingerprint density at radius 1 is 1.53 bits per heavy atom. The Balaban J connectivity index is 1.92. The fourth-order valence-corrected chi connectivity index (χ4v) is 1.61. The van der Waals surface area contributed by atoms with Gasteiger partial charge in [-0.1, -0.05) is 0 Å². The van der Waals surface area contributed by atoms with Crippen LogP contribution in [0.2, 0.25) is 0 Å². The molecule has 0 unspecified atom stereocenters. The van der Waals surface area contributed by atoms with E-state index in [2.05, 4.69) is 0 Å². The Morgan fingerprint density at radius 3 is 2.73 bits per heavy atom. The SMILES string of the molecule is CN(CCCOC1CC(CO)C1)C(=O)O. The predicted octanol–water partition coefficient (Wildman–Crippen LogP) is 0.774. The molecular formula is C10H19NO4. The second kappa shape index (κ2) is 5.92. The Hall–Kier alpha value is -0.810. The lowest BCUT2D eigenvalue weighted by atomic mass is 9.83. The van der Waals surface area contributed by atoms with Crippen molar-refractivity contribution in [1.29, 1.82) is 0 Å². The number of ether oxygens (including phenoxy) is 1. The Morgan fingerprint density at radius 2 is 2.20 bits per heavy atom. The van der Waals surface area contributed by atoms with Crippen LogP contribution in [0.3, 0.4) is 0 Å². The van der Waals surface area contributed by atoms with Crippen LogP contribution >= 0.6 is 0 Å². The van der Waals surface area contributed by atoms with Gasteiger partial charge < -0.3 is 19.8 Å². The van der Waals surface area contributed by atoms with Crippen molar-refractivity contribution in [2.24, 2.45) is 5.92 Å². The summed E-state index contributed by atoms with van der Waals surface area (Å²) in [6, 6.07) is 0. The zero-order chi connectivity index (χ0) is 11.3. The van der Waals surface area contributed by atoms with E-state index in [1.807, 2.05) is 0 Å². The molecule has 1 aliphatic carbocycles. The van der Waals surface area contributed by atoms with E-state index in [0.29, 0.717) is 19.1 Å². The monoisotopic (exact) mass is 217 g/mol. The third kappa shape index (κ3) is 4.05. The van der Waals surface area contributed by atoms with Crippen molar-refractivity contribution in [1.82, 2.24) is 4.90 Å². The van der Waals surface area contributed by atoms with E-state index in [1.54, 1.807) is 7.05 Å². The van der Waals surface area contributed by atoms with Crippen LogP contribution in [0.5, 0.6) is 0 Å². The van der Waals surface area contributed by atoms with Gasteiger partial charge >= 0.3 is 6.09 Å². The zero-order valence-electron chi connectivity index (χ0n) is 9.06. The minimum atomic E-state index is -0.904. The summed E-state index contributed by atoms with van der Waals surface area (Å²) < 4.78 is 5.51. The van der Waals surface area contributed by atoms with Gasteiger partial charge in [0.05, 0.1) is 6.10 Å². The number of aliphatic hydroxyl groups is 1. The second-order valence-corrected chi connectivity index (χ2v) is 4.07. The number of nitrogens with zero attached hydrogens (tertiary/aromatic N) is 1. The quantitative estimate of drug-likeness (QED) is 0.645. The molecule has 88 valence electrons. The van der Waals surface area contributed by atoms with Gasteiger partial charge in [-0.15, -0.1) is 0 Å². The molecule has 5 nitrogen and oxygen atoms in total. The fraction of sp³-hybridized carbons (Fsp3) is 0.900. The normalized spacial score (nSPS) is 24.7. The third-order valence-electron chi connectivity index (χ3n) is 2.77. The van der Waals surface area contributed by atoms with Crippen molar-refractivity contribution in [2.45, 2.75) is 25.4 Å². The molecule has 1 amide bonds. The molecule has 0 bridgehead atoms. The molecule has 1 aliphatic rings. The van der Waals surface area contributed by atoms with Gasteiger partial charge in [0.15, 0.2) is 0 Å². The third-order valence-corrected chi connectivity index (χ3v) is 2.77. The van der Waals surface area contributed by atoms with Crippen LogP contribution in [0, 0.1) is 5.92 Å². The summed E-state index contributed by atoms with van der Waals surface area (Å²) >= 11 is 0. The minimum Gasteiger partial charge on any atom is -0.465 e. The molecular weight excluding hydrogens is 198 g/mol. The number of aliphatic hydroxyl groups excluding tert-OH is 1. The van der Waals surface area contributed by atoms with Crippen LogP contribution < -0.4 is 0 Å². The van der Waals surface area contributed by atoms with Crippen molar-refractivity contribution in [3.63, 3.8) is 0 Å². The highest BCUT2D eigenvalue weighted by atomic mass is 16.5. The van der Waals surface area contributed by atoms with Gasteiger partial charge in [0.2, 0.25) is 0 Å². The van der Waals surface area contributed by atoms with Crippen LogP contribution in [0.15, 0.2) is 0 Å². The first kappa shape index (κ1) is 12.3. The molecule has 1 fully saturated rings. The lowest BCUT2D eigenvalue weighted by Crippen LogP contribution is -2.34. The minimum absolute atomic E-state index is 0.252. The summed E-state index contributed by atoms with van der Waals surface area (Å²) in [6.07, 6.45) is 1.97. The van der Waals surface area contributed by atoms with Crippen LogP contribution in [0.4, 0.5) is 4.79 Å². The Kier molecular flexibility index (Phi) is 4.84. The highest BCUT2D eigenvalue weighted by Gasteiger charge is 2.28. The molecule has 0 radical (unpaired) electrons. The Labute approximate surface area is 89.6 Å². The molecule has 0 aromatic rings. The van der Waals surface area contributed by atoms with Crippen LogP contribution in [0.25, 0.3) is 0 Å². The maximum atomic E-state index is 10.4. The van der Waals surface area contributed by atoms with Crippen LogP contribution in [-0.4, -0.2) is 54.1 Å². The van der Waals surface area contributed by atoms with Gasteiger partial charge in [-0.2, -0.15) is 0 Å². The van der Waals surface area contributed by atoms with E-state index in [-0.39, 0.29) is 12.7 Å². The van der Waals surface area contributed by atoms with Crippen molar-refractivity contribution in [3.8, 4) is 0 Å². The number of rotatable bonds is 6. The summed E-state index contributed by atoms with van der Waals surface area (Å²) in [7, 11) is 1.55. The molecule has 0 spiro atoms. The van der Waals surface area contributed by atoms with E-state index in [9.17, 15) is 4.79 Å². The Bertz CT molecular complexity index is 204. The van der Waals surface area contributed by atoms with Gasteiger partial charge in [-0.25, -0.2) is 4.79 Å². The van der Waals surface area contributed by atoms with Gasteiger partial charge in [-0.05, 0) is 25.2 Å². The lowest BCUT2D eigenvalue weighted by molar-refractivity contribution is -0.0462. The summed E-state index contributed by atoms with van der Waals surface area (Å²) in [4.78, 5) is 11.7. The van der Waals surface area contributed by atoms with Crippen LogP contribution in [0.1, 0.15) is 19.3 Å². The number of amides is 1. The molecule has 1 saturated carbocycles. The molecule has 0 aromatic heterocycles. The average Bonchev–Trinajstić information content (AvgIpc) is 2.14. The molecule has 2 N–H and O–H groups in total. The molecule has 0 aliphatic heterocycles. The first-order chi connectivity index (χ1) is 7.13. The smallest absolute Gasteiger partial charge is 0.407 e. The van der Waals surface area contributed by atoms with E-state index >= 15 is 0 Å². The lowest BCUT2D eigenvalue weighted by Gasteiger charge is -2.33. The van der Waals surface area contributed by atoms with Crippen molar-refractivity contribution < 1.29 is 19.7 Å². The number of hydrogen-bond acceptors (Lipinski definition) is 3. The second-order valence-electron chi connectivity index (χ2n) is 4.07. The first-order valence-electron chi connectivity index (χ1n) is 5.30. The van der Waals surface area contributed by atoms with E-state index in [0.717, 1.165) is 19.3 Å². The van der Waals surface area contributed by atoms with Gasteiger partial charge in [0, 0.05) is 26.8 Å². The van der Waals surface area contributed by atoms with Gasteiger partial charge in [0.25, 0.3) is 0 Å². The highest BCUT2D eigenvalue weighted by Crippen LogP contribution is 2.29. The number of carbonyl (C=O) groups is 1. The summed E-state index contributed by atoms with van der Waals surface area (Å²) in [6.45, 7) is 1.35. The van der Waals surface area contributed by atoms with Crippen molar-refractivity contribution >= 4 is 6.09 Å². The fourth-order valence-electron chi connectivity index (χ4n) is 1.61. The van der Waals surface area contributed by atoms with E-state index in [1.165, 1.54) is 4.90 Å². The standard InChI is InChI=1S/C10H19NO4/c1-11(10(13)14)3-2-4-15-9-5-8(6-9)7-12/h8-9,12H,2-7H2,1H3,(H,13,14). The largest absolute Gasteiger partial charge is 0.465 e. The molecule has 0 atom stereocenters. The summed E-state index contributed by atoms with van der Waals surface area (Å²) in [5.41, 5.74) is 0. The van der Waals surface area contributed by atoms with Gasteiger partial charge in [-0.3, -0.25) is 0 Å². The maximum Gasteiger partial charge on any atom is 0.407 e. The van der Waals surface area contributed by atoms with Crippen molar-refractivity contribution in [3.05, 3.63) is 0 Å². The first-order valence-corrected chi connectivity index (χ1v) is 5.30. The summed E-state index contributed by atoms with van der Waals surface area (Å²) in [5, 5.41) is 17.4.